The minimum atomic E-state index is -0.665. The standard InChI is InChI=1S/C27H25NO2/c29-27(30)21-15-17-28(18-16-21)26(24-13-5-9-19-7-1-3-11-22(19)24)25-14-6-10-20-8-2-4-12-23(20)25/h1-14,21,26H,15-18H2,(H,29,30). The molecule has 5 rings (SSSR count). The van der Waals surface area contributed by atoms with E-state index in [2.05, 4.69) is 89.8 Å². The number of piperidine rings is 1. The topological polar surface area (TPSA) is 40.5 Å². The summed E-state index contributed by atoms with van der Waals surface area (Å²) in [5.74, 6) is -0.900. The van der Waals surface area contributed by atoms with Gasteiger partial charge in [-0.05, 0) is 58.6 Å². The maximum absolute atomic E-state index is 11.5. The van der Waals surface area contributed by atoms with Crippen molar-refractivity contribution in [2.45, 2.75) is 18.9 Å². The fraction of sp³-hybridized carbons (Fsp3) is 0.222. The molecule has 1 fully saturated rings. The molecule has 1 heterocycles. The summed E-state index contributed by atoms with van der Waals surface area (Å²) in [6.07, 6.45) is 1.39. The molecule has 1 N–H and O–H groups in total. The van der Waals surface area contributed by atoms with Crippen LogP contribution in [0, 0.1) is 5.92 Å². The Morgan fingerprint density at radius 2 is 1.20 bits per heavy atom. The Balaban J connectivity index is 1.68. The Morgan fingerprint density at radius 3 is 1.70 bits per heavy atom. The predicted octanol–water partition coefficient (Wildman–Crippen LogP) is 5.88. The van der Waals surface area contributed by atoms with Crippen LogP contribution >= 0.6 is 0 Å². The minimum Gasteiger partial charge on any atom is -0.481 e. The molecule has 4 aromatic carbocycles. The Bertz CT molecular complexity index is 1120. The SMILES string of the molecule is O=C(O)C1CCN(C(c2cccc3ccccc23)c2cccc3ccccc23)CC1. The van der Waals surface area contributed by atoms with Crippen molar-refractivity contribution >= 4 is 27.5 Å². The van der Waals surface area contributed by atoms with E-state index >= 15 is 0 Å². The lowest BCUT2D eigenvalue weighted by Crippen LogP contribution is -2.39. The van der Waals surface area contributed by atoms with Gasteiger partial charge in [0, 0.05) is 0 Å². The fourth-order valence-electron chi connectivity index (χ4n) is 4.94. The van der Waals surface area contributed by atoms with Gasteiger partial charge in [-0.15, -0.1) is 0 Å². The predicted molar refractivity (Wildman–Crippen MR) is 122 cm³/mol. The summed E-state index contributed by atoms with van der Waals surface area (Å²) in [5.41, 5.74) is 2.58. The summed E-state index contributed by atoms with van der Waals surface area (Å²) in [4.78, 5) is 14.0. The second-order valence-electron chi connectivity index (χ2n) is 8.19. The van der Waals surface area contributed by atoms with Crippen LogP contribution in [0.4, 0.5) is 0 Å². The van der Waals surface area contributed by atoms with Crippen LogP contribution in [0.3, 0.4) is 0 Å². The van der Waals surface area contributed by atoms with Crippen molar-refractivity contribution < 1.29 is 9.90 Å². The number of nitrogens with zero attached hydrogens (tertiary/aromatic N) is 1. The van der Waals surface area contributed by atoms with Gasteiger partial charge in [-0.2, -0.15) is 0 Å². The minimum absolute atomic E-state index is 0.0944. The summed E-state index contributed by atoms with van der Waals surface area (Å²) in [6, 6.07) is 30.3. The van der Waals surface area contributed by atoms with Gasteiger partial charge in [0.2, 0.25) is 0 Å². The van der Waals surface area contributed by atoms with Crippen LogP contribution in [-0.2, 0) is 4.79 Å². The smallest absolute Gasteiger partial charge is 0.306 e. The molecule has 0 atom stereocenters. The molecule has 150 valence electrons. The van der Waals surface area contributed by atoms with Gasteiger partial charge in [-0.25, -0.2) is 0 Å². The number of likely N-dealkylation sites (tertiary alicyclic amines) is 1. The highest BCUT2D eigenvalue weighted by Gasteiger charge is 2.31. The van der Waals surface area contributed by atoms with Crippen molar-refractivity contribution in [1.82, 2.24) is 4.90 Å². The van der Waals surface area contributed by atoms with E-state index in [0.717, 1.165) is 13.1 Å². The van der Waals surface area contributed by atoms with Crippen LogP contribution in [0.1, 0.15) is 30.0 Å². The van der Waals surface area contributed by atoms with Crippen molar-refractivity contribution in [3.05, 3.63) is 96.1 Å². The summed E-state index contributed by atoms with van der Waals surface area (Å²) >= 11 is 0. The average Bonchev–Trinajstić information content (AvgIpc) is 2.80. The molecular weight excluding hydrogens is 370 g/mol. The van der Waals surface area contributed by atoms with Crippen LogP contribution < -0.4 is 0 Å². The zero-order valence-corrected chi connectivity index (χ0v) is 16.9. The lowest BCUT2D eigenvalue weighted by atomic mass is 9.87. The van der Waals surface area contributed by atoms with Gasteiger partial charge in [-0.1, -0.05) is 84.9 Å². The molecule has 1 saturated heterocycles. The second-order valence-corrected chi connectivity index (χ2v) is 8.19. The summed E-state index contributed by atoms with van der Waals surface area (Å²) in [6.45, 7) is 1.57. The van der Waals surface area contributed by atoms with Gasteiger partial charge in [0.25, 0.3) is 0 Å². The van der Waals surface area contributed by atoms with Crippen molar-refractivity contribution in [3.63, 3.8) is 0 Å². The molecule has 1 aliphatic rings. The molecule has 3 heteroatoms. The molecule has 0 radical (unpaired) electrons. The molecule has 0 aliphatic carbocycles. The third-order valence-corrected chi connectivity index (χ3v) is 6.48. The number of aliphatic carboxylic acids is 1. The van der Waals surface area contributed by atoms with E-state index in [1.807, 2.05) is 0 Å². The Labute approximate surface area is 176 Å². The van der Waals surface area contributed by atoms with E-state index in [9.17, 15) is 9.90 Å². The third kappa shape index (κ3) is 3.35. The van der Waals surface area contributed by atoms with Crippen molar-refractivity contribution in [2.24, 2.45) is 5.92 Å². The molecule has 3 nitrogen and oxygen atoms in total. The Morgan fingerprint density at radius 1 is 0.733 bits per heavy atom. The first-order valence-corrected chi connectivity index (χ1v) is 10.6. The number of benzene rings is 4. The van der Waals surface area contributed by atoms with Crippen LogP contribution in [0.2, 0.25) is 0 Å². The number of carbonyl (C=O) groups is 1. The Hall–Kier alpha value is -3.17. The summed E-state index contributed by atoms with van der Waals surface area (Å²) in [5, 5.41) is 14.5. The highest BCUT2D eigenvalue weighted by molar-refractivity contribution is 5.90. The highest BCUT2D eigenvalue weighted by atomic mass is 16.4. The summed E-state index contributed by atoms with van der Waals surface area (Å²) in [7, 11) is 0. The van der Waals surface area contributed by atoms with Crippen LogP contribution in [0.15, 0.2) is 84.9 Å². The number of rotatable bonds is 4. The first-order valence-electron chi connectivity index (χ1n) is 10.6. The molecule has 0 spiro atoms. The second kappa shape index (κ2) is 7.92. The van der Waals surface area contributed by atoms with E-state index in [0.29, 0.717) is 12.8 Å². The van der Waals surface area contributed by atoms with Crippen LogP contribution in [-0.4, -0.2) is 29.1 Å². The number of hydrogen-bond donors (Lipinski definition) is 1. The maximum Gasteiger partial charge on any atom is 0.306 e. The van der Waals surface area contributed by atoms with E-state index in [4.69, 9.17) is 0 Å². The fourth-order valence-corrected chi connectivity index (χ4v) is 4.94. The quantitative estimate of drug-likeness (QED) is 0.469. The maximum atomic E-state index is 11.5. The van der Waals surface area contributed by atoms with Gasteiger partial charge in [-0.3, -0.25) is 9.69 Å². The molecule has 0 aromatic heterocycles. The first kappa shape index (κ1) is 18.8. The largest absolute Gasteiger partial charge is 0.481 e. The molecule has 0 saturated carbocycles. The van der Waals surface area contributed by atoms with Crippen LogP contribution in [0.5, 0.6) is 0 Å². The lowest BCUT2D eigenvalue weighted by Gasteiger charge is -2.38. The van der Waals surface area contributed by atoms with E-state index in [1.54, 1.807) is 0 Å². The molecule has 30 heavy (non-hydrogen) atoms. The zero-order chi connectivity index (χ0) is 20.5. The van der Waals surface area contributed by atoms with Gasteiger partial charge >= 0.3 is 5.97 Å². The lowest BCUT2D eigenvalue weighted by molar-refractivity contribution is -0.143. The van der Waals surface area contributed by atoms with Gasteiger partial charge in [0.05, 0.1) is 12.0 Å². The van der Waals surface area contributed by atoms with Crippen molar-refractivity contribution in [2.75, 3.05) is 13.1 Å². The molecule has 0 amide bonds. The van der Waals surface area contributed by atoms with Gasteiger partial charge < -0.3 is 5.11 Å². The van der Waals surface area contributed by atoms with Gasteiger partial charge in [0.1, 0.15) is 0 Å². The zero-order valence-electron chi connectivity index (χ0n) is 16.9. The van der Waals surface area contributed by atoms with Crippen molar-refractivity contribution in [3.8, 4) is 0 Å². The number of hydrogen-bond acceptors (Lipinski definition) is 2. The average molecular weight is 396 g/mol. The number of carboxylic acid groups (broad SMARTS) is 1. The molecule has 0 unspecified atom stereocenters. The Kier molecular flexibility index (Phi) is 4.97. The third-order valence-electron chi connectivity index (χ3n) is 6.48. The molecule has 4 aromatic rings. The molecule has 0 bridgehead atoms. The van der Waals surface area contributed by atoms with Crippen LogP contribution in [0.25, 0.3) is 21.5 Å². The van der Waals surface area contributed by atoms with E-state index < -0.39 is 5.97 Å². The monoisotopic (exact) mass is 395 g/mol. The number of carboxylic acids is 1. The van der Waals surface area contributed by atoms with Crippen molar-refractivity contribution in [1.29, 1.82) is 0 Å². The first-order chi connectivity index (χ1) is 14.7. The van der Waals surface area contributed by atoms with E-state index in [-0.39, 0.29) is 12.0 Å². The normalized spacial score (nSPS) is 15.8. The summed E-state index contributed by atoms with van der Waals surface area (Å²) < 4.78 is 0. The van der Waals surface area contributed by atoms with Gasteiger partial charge in [0.15, 0.2) is 0 Å². The van der Waals surface area contributed by atoms with E-state index in [1.165, 1.54) is 32.7 Å². The highest BCUT2D eigenvalue weighted by Crippen LogP contribution is 2.38. The number of fused-ring (bicyclic) bond motifs is 2. The molecule has 1 aliphatic heterocycles. The molecular formula is C27H25NO2.